The van der Waals surface area contributed by atoms with Gasteiger partial charge in [-0.3, -0.25) is 14.4 Å². The van der Waals surface area contributed by atoms with Crippen molar-refractivity contribution in [2.45, 2.75) is 25.8 Å². The van der Waals surface area contributed by atoms with Crippen molar-refractivity contribution in [3.63, 3.8) is 0 Å². The van der Waals surface area contributed by atoms with Crippen LogP contribution in [-0.4, -0.2) is 43.5 Å². The lowest BCUT2D eigenvalue weighted by Gasteiger charge is -2.09. The lowest BCUT2D eigenvalue weighted by molar-refractivity contribution is -0.113. The van der Waals surface area contributed by atoms with Gasteiger partial charge < -0.3 is 26.8 Å². The fourth-order valence-electron chi connectivity index (χ4n) is 2.69. The first-order valence-electron chi connectivity index (χ1n) is 9.24. The normalized spacial score (nSPS) is 17.3. The zero-order chi connectivity index (χ0) is 21.4. The molecule has 6 N–H and O–H groups in total. The number of rotatable bonds is 2. The summed E-state index contributed by atoms with van der Waals surface area (Å²) in [6, 6.07) is 5.32. The van der Waals surface area contributed by atoms with Crippen LogP contribution in [0.5, 0.6) is 0 Å². The van der Waals surface area contributed by atoms with Crippen molar-refractivity contribution in [3.05, 3.63) is 41.3 Å². The third-order valence-electron chi connectivity index (χ3n) is 4.17. The molecule has 0 aliphatic carbocycles. The summed E-state index contributed by atoms with van der Waals surface area (Å²) >= 11 is 1.42. The van der Waals surface area contributed by atoms with Gasteiger partial charge >= 0.3 is 0 Å². The van der Waals surface area contributed by atoms with E-state index < -0.39 is 11.8 Å². The van der Waals surface area contributed by atoms with Crippen LogP contribution in [-0.2, 0) is 9.53 Å². The number of hydrogen-bond donors (Lipinski definition) is 4. The lowest BCUT2D eigenvalue weighted by Crippen LogP contribution is -2.34. The van der Waals surface area contributed by atoms with Crippen LogP contribution in [0.4, 0.5) is 5.69 Å². The Kier molecular flexibility index (Phi) is 8.17. The van der Waals surface area contributed by atoms with Gasteiger partial charge in [-0.1, -0.05) is 6.58 Å². The molecule has 29 heavy (non-hydrogen) atoms. The number of carbonyl (C=O) groups is 3. The van der Waals surface area contributed by atoms with E-state index in [0.29, 0.717) is 17.0 Å². The van der Waals surface area contributed by atoms with Gasteiger partial charge in [0, 0.05) is 41.4 Å². The maximum absolute atomic E-state index is 12.1. The molecule has 1 aromatic carbocycles. The number of anilines is 1. The largest absolute Gasteiger partial charge is 0.381 e. The minimum absolute atomic E-state index is 0.0708. The van der Waals surface area contributed by atoms with E-state index in [9.17, 15) is 14.4 Å². The van der Waals surface area contributed by atoms with Crippen LogP contribution in [0.1, 0.15) is 39.8 Å². The van der Waals surface area contributed by atoms with Gasteiger partial charge in [0.15, 0.2) is 0 Å². The van der Waals surface area contributed by atoms with Crippen molar-refractivity contribution in [1.29, 1.82) is 0 Å². The van der Waals surface area contributed by atoms with E-state index in [-0.39, 0.29) is 11.9 Å². The minimum Gasteiger partial charge on any atom is -0.381 e. The summed E-state index contributed by atoms with van der Waals surface area (Å²) in [6.45, 7) is 7.69. The lowest BCUT2D eigenvalue weighted by atomic mass is 10.1. The summed E-state index contributed by atoms with van der Waals surface area (Å²) in [5.41, 5.74) is 11.1. The van der Waals surface area contributed by atoms with Crippen molar-refractivity contribution in [1.82, 2.24) is 5.32 Å². The Labute approximate surface area is 173 Å². The maximum atomic E-state index is 12.1. The Balaban J connectivity index is 0.000000247. The zero-order valence-electron chi connectivity index (χ0n) is 16.3. The molecule has 1 aromatic heterocycles. The van der Waals surface area contributed by atoms with Gasteiger partial charge in [0.2, 0.25) is 11.8 Å². The third kappa shape index (κ3) is 6.30. The molecular formula is C20H26N4O4S. The van der Waals surface area contributed by atoms with Crippen molar-refractivity contribution >= 4 is 44.8 Å². The Bertz CT molecular complexity index is 898. The van der Waals surface area contributed by atoms with Crippen LogP contribution in [0, 0.1) is 0 Å². The van der Waals surface area contributed by atoms with Crippen molar-refractivity contribution < 1.29 is 19.1 Å². The van der Waals surface area contributed by atoms with Crippen LogP contribution < -0.4 is 22.1 Å². The zero-order valence-corrected chi connectivity index (χ0v) is 17.1. The Morgan fingerprint density at radius 2 is 1.93 bits per heavy atom. The summed E-state index contributed by atoms with van der Waals surface area (Å²) in [6.07, 6.45) is 3.61. The second kappa shape index (κ2) is 10.6. The Morgan fingerprint density at radius 3 is 2.45 bits per heavy atom. The molecule has 1 atom stereocenters. The summed E-state index contributed by atoms with van der Waals surface area (Å²) in [7, 11) is 0. The molecule has 0 unspecified atom stereocenters. The third-order valence-corrected chi connectivity index (χ3v) is 5.34. The molecule has 9 heteroatoms. The highest BCUT2D eigenvalue weighted by molar-refractivity contribution is 7.21. The number of ether oxygens (including phenoxy) is 1. The molecule has 0 bridgehead atoms. The number of nitrogens with two attached hydrogens (primary N) is 2. The molecule has 0 radical (unpaired) electrons. The summed E-state index contributed by atoms with van der Waals surface area (Å²) in [4.78, 5) is 33.4. The summed E-state index contributed by atoms with van der Waals surface area (Å²) < 4.78 is 5.91. The number of carbonyl (C=O) groups excluding carboxylic acids is 3. The number of hydrogen-bond acceptors (Lipinski definition) is 6. The van der Waals surface area contributed by atoms with E-state index in [0.717, 1.165) is 35.1 Å². The topological polar surface area (TPSA) is 137 Å². The standard InChI is InChI=1S/C13H13N3O2S.C4H8O.C3H5NO/c1-6-5-15-10-8-4-7(12(14)17)2-3-9(8)19-11(10)13(18)16-6;1-2-4-5-3-1;1-2-3(4)5/h2-4,6,15H,5H2,1H3,(H2,14,17)(H,16,18);1-4H2;2H,1H2,(H2,4,5)/t6-;;/m1../s1. The van der Waals surface area contributed by atoms with E-state index in [2.05, 4.69) is 22.9 Å². The van der Waals surface area contributed by atoms with E-state index >= 15 is 0 Å². The van der Waals surface area contributed by atoms with Crippen molar-refractivity contribution in [2.24, 2.45) is 11.5 Å². The second-order valence-electron chi connectivity index (χ2n) is 6.56. The van der Waals surface area contributed by atoms with Gasteiger partial charge in [-0.2, -0.15) is 0 Å². The van der Waals surface area contributed by atoms with E-state index in [1.165, 1.54) is 24.2 Å². The monoisotopic (exact) mass is 418 g/mol. The number of primary amides is 2. The molecule has 2 aliphatic rings. The first-order chi connectivity index (χ1) is 13.8. The van der Waals surface area contributed by atoms with Crippen LogP contribution >= 0.6 is 11.3 Å². The summed E-state index contributed by atoms with van der Waals surface area (Å²) in [5.74, 6) is -1.02. The van der Waals surface area contributed by atoms with Crippen LogP contribution in [0.15, 0.2) is 30.9 Å². The highest BCUT2D eigenvalue weighted by Crippen LogP contribution is 2.37. The number of amides is 3. The fraction of sp³-hybridized carbons (Fsp3) is 0.350. The fourth-order valence-corrected chi connectivity index (χ4v) is 3.75. The highest BCUT2D eigenvalue weighted by Gasteiger charge is 2.23. The summed E-state index contributed by atoms with van der Waals surface area (Å²) in [5, 5.41) is 7.06. The Hall–Kier alpha value is -2.91. The molecule has 156 valence electrons. The first kappa shape index (κ1) is 22.4. The molecule has 2 aliphatic heterocycles. The molecule has 4 rings (SSSR count). The van der Waals surface area contributed by atoms with Gasteiger partial charge in [0.1, 0.15) is 4.88 Å². The number of nitrogens with one attached hydrogen (secondary N) is 2. The number of benzene rings is 1. The maximum Gasteiger partial charge on any atom is 0.263 e. The SMILES string of the molecule is C1CCOC1.C=CC(N)=O.C[C@@H]1CNc2c(sc3ccc(C(N)=O)cc23)C(=O)N1. The van der Waals surface area contributed by atoms with Crippen molar-refractivity contribution in [3.8, 4) is 0 Å². The molecule has 3 heterocycles. The second-order valence-corrected chi connectivity index (χ2v) is 7.61. The molecule has 2 aromatic rings. The van der Waals surface area contributed by atoms with Gasteiger partial charge in [-0.05, 0) is 44.0 Å². The van der Waals surface area contributed by atoms with Crippen LogP contribution in [0.3, 0.4) is 0 Å². The molecule has 0 saturated carbocycles. The van der Waals surface area contributed by atoms with Gasteiger partial charge in [0.25, 0.3) is 5.91 Å². The van der Waals surface area contributed by atoms with Gasteiger partial charge in [-0.25, -0.2) is 0 Å². The quantitative estimate of drug-likeness (QED) is 0.553. The van der Waals surface area contributed by atoms with Gasteiger partial charge in [-0.15, -0.1) is 11.3 Å². The van der Waals surface area contributed by atoms with E-state index in [4.69, 9.17) is 10.5 Å². The number of fused-ring (bicyclic) bond motifs is 3. The predicted octanol–water partition coefficient (Wildman–Crippen LogP) is 2.00. The van der Waals surface area contributed by atoms with E-state index in [1.807, 2.05) is 13.0 Å². The molecule has 1 saturated heterocycles. The first-order valence-corrected chi connectivity index (χ1v) is 10.1. The molecule has 8 nitrogen and oxygen atoms in total. The molecule has 0 spiro atoms. The smallest absolute Gasteiger partial charge is 0.263 e. The molecule has 3 amide bonds. The number of thiophene rings is 1. The minimum atomic E-state index is -0.481. The molecule has 1 fully saturated rings. The predicted molar refractivity (Wildman–Crippen MR) is 115 cm³/mol. The van der Waals surface area contributed by atoms with Crippen LogP contribution in [0.2, 0.25) is 0 Å². The highest BCUT2D eigenvalue weighted by atomic mass is 32.1. The average Bonchev–Trinajstić information content (AvgIpc) is 3.35. The van der Waals surface area contributed by atoms with Crippen LogP contribution in [0.25, 0.3) is 10.1 Å². The average molecular weight is 419 g/mol. The van der Waals surface area contributed by atoms with E-state index in [1.54, 1.807) is 12.1 Å². The Morgan fingerprint density at radius 1 is 1.28 bits per heavy atom. The molecular weight excluding hydrogens is 392 g/mol. The van der Waals surface area contributed by atoms with Crippen molar-refractivity contribution in [2.75, 3.05) is 25.1 Å². The van der Waals surface area contributed by atoms with Gasteiger partial charge in [0.05, 0.1) is 5.69 Å².